The monoisotopic (exact) mass is 238 g/mol. The van der Waals surface area contributed by atoms with E-state index >= 15 is 0 Å². The van der Waals surface area contributed by atoms with Gasteiger partial charge in [-0.2, -0.15) is 0 Å². The summed E-state index contributed by atoms with van der Waals surface area (Å²) in [5, 5.41) is 9.34. The van der Waals surface area contributed by atoms with Gasteiger partial charge in [0.25, 0.3) is 0 Å². The third-order valence-corrected chi connectivity index (χ3v) is 3.84. The van der Waals surface area contributed by atoms with Crippen molar-refractivity contribution in [2.75, 3.05) is 0 Å². The average molecular weight is 238 g/mol. The Hall–Kier alpha value is -2.09. The van der Waals surface area contributed by atoms with Crippen molar-refractivity contribution in [2.24, 2.45) is 0 Å². The number of benzene rings is 2. The molecule has 0 fully saturated rings. The molecule has 0 saturated heterocycles. The molecule has 0 heterocycles. The standard InChI is InChI=1S/C16H14O2/c1-16(2)12-8-4-3-6-10(12)14-11(15(17)18)7-5-9-13(14)16/h3-9H,1-2H3,(H,17,18). The van der Waals surface area contributed by atoms with E-state index in [9.17, 15) is 9.90 Å². The van der Waals surface area contributed by atoms with E-state index in [1.54, 1.807) is 6.07 Å². The molecule has 0 amide bonds. The van der Waals surface area contributed by atoms with E-state index in [0.29, 0.717) is 5.56 Å². The Labute approximate surface area is 106 Å². The van der Waals surface area contributed by atoms with Crippen molar-refractivity contribution in [3.8, 4) is 11.1 Å². The predicted octanol–water partition coefficient (Wildman–Crippen LogP) is 3.69. The van der Waals surface area contributed by atoms with Gasteiger partial charge in [0.15, 0.2) is 0 Å². The lowest BCUT2D eigenvalue weighted by Gasteiger charge is -2.21. The Morgan fingerprint density at radius 3 is 2.39 bits per heavy atom. The van der Waals surface area contributed by atoms with Gasteiger partial charge in [-0.15, -0.1) is 0 Å². The minimum atomic E-state index is -0.862. The van der Waals surface area contributed by atoms with Crippen LogP contribution >= 0.6 is 0 Å². The molecule has 0 spiro atoms. The zero-order chi connectivity index (χ0) is 12.9. The third kappa shape index (κ3) is 1.26. The van der Waals surface area contributed by atoms with E-state index in [0.717, 1.165) is 16.7 Å². The lowest BCUT2D eigenvalue weighted by molar-refractivity contribution is 0.0697. The Morgan fingerprint density at radius 1 is 1.00 bits per heavy atom. The summed E-state index contributed by atoms with van der Waals surface area (Å²) in [4.78, 5) is 11.4. The summed E-state index contributed by atoms with van der Waals surface area (Å²) in [6.07, 6.45) is 0. The Balaban J connectivity index is 2.44. The minimum absolute atomic E-state index is 0.128. The van der Waals surface area contributed by atoms with Gasteiger partial charge in [0.2, 0.25) is 0 Å². The van der Waals surface area contributed by atoms with Crippen molar-refractivity contribution in [1.82, 2.24) is 0 Å². The van der Waals surface area contributed by atoms with Crippen LogP contribution in [0.5, 0.6) is 0 Å². The first kappa shape index (κ1) is 11.0. The largest absolute Gasteiger partial charge is 0.478 e. The van der Waals surface area contributed by atoms with E-state index in [1.807, 2.05) is 30.3 Å². The fourth-order valence-corrected chi connectivity index (χ4v) is 2.93. The van der Waals surface area contributed by atoms with Gasteiger partial charge in [-0.1, -0.05) is 50.2 Å². The van der Waals surface area contributed by atoms with Crippen molar-refractivity contribution in [3.63, 3.8) is 0 Å². The van der Waals surface area contributed by atoms with Crippen LogP contribution in [-0.2, 0) is 5.41 Å². The lowest BCUT2D eigenvalue weighted by atomic mass is 9.82. The number of hydrogen-bond acceptors (Lipinski definition) is 1. The molecule has 0 unspecified atom stereocenters. The first-order valence-electron chi connectivity index (χ1n) is 6.00. The van der Waals surface area contributed by atoms with Gasteiger partial charge in [0, 0.05) is 11.0 Å². The molecule has 18 heavy (non-hydrogen) atoms. The average Bonchev–Trinajstić information content (AvgIpc) is 2.59. The zero-order valence-corrected chi connectivity index (χ0v) is 10.4. The molecule has 0 bridgehead atoms. The normalized spacial score (nSPS) is 15.0. The smallest absolute Gasteiger partial charge is 0.336 e. The van der Waals surface area contributed by atoms with Crippen molar-refractivity contribution in [2.45, 2.75) is 19.3 Å². The number of rotatable bonds is 1. The molecule has 0 aromatic heterocycles. The molecule has 1 aliphatic carbocycles. The molecular weight excluding hydrogens is 224 g/mol. The SMILES string of the molecule is CC1(C)c2ccccc2-c2c(C(=O)O)cccc21. The number of carboxylic acid groups (broad SMARTS) is 1. The van der Waals surface area contributed by atoms with E-state index in [-0.39, 0.29) is 5.41 Å². The molecule has 0 aliphatic heterocycles. The topological polar surface area (TPSA) is 37.3 Å². The van der Waals surface area contributed by atoms with Crippen LogP contribution < -0.4 is 0 Å². The fourth-order valence-electron chi connectivity index (χ4n) is 2.93. The quantitative estimate of drug-likeness (QED) is 0.822. The van der Waals surface area contributed by atoms with E-state index in [2.05, 4.69) is 19.9 Å². The summed E-state index contributed by atoms with van der Waals surface area (Å²) in [6.45, 7) is 4.28. The van der Waals surface area contributed by atoms with Crippen molar-refractivity contribution in [1.29, 1.82) is 0 Å². The lowest BCUT2D eigenvalue weighted by Crippen LogP contribution is -2.15. The third-order valence-electron chi connectivity index (χ3n) is 3.84. The highest BCUT2D eigenvalue weighted by Gasteiger charge is 2.37. The highest BCUT2D eigenvalue weighted by atomic mass is 16.4. The summed E-state index contributed by atoms with van der Waals surface area (Å²) < 4.78 is 0. The highest BCUT2D eigenvalue weighted by Crippen LogP contribution is 2.49. The number of carboxylic acids is 1. The number of carbonyl (C=O) groups is 1. The van der Waals surface area contributed by atoms with Crippen LogP contribution in [0.15, 0.2) is 42.5 Å². The molecular formula is C16H14O2. The maximum atomic E-state index is 11.4. The van der Waals surface area contributed by atoms with E-state index < -0.39 is 5.97 Å². The summed E-state index contributed by atoms with van der Waals surface area (Å²) in [5.74, 6) is -0.862. The Kier molecular flexibility index (Phi) is 2.11. The van der Waals surface area contributed by atoms with Crippen LogP contribution in [0.1, 0.15) is 35.3 Å². The first-order chi connectivity index (χ1) is 8.53. The van der Waals surface area contributed by atoms with Gasteiger partial charge in [-0.25, -0.2) is 4.79 Å². The maximum Gasteiger partial charge on any atom is 0.336 e. The summed E-state index contributed by atoms with van der Waals surface area (Å²) >= 11 is 0. The van der Waals surface area contributed by atoms with Crippen LogP contribution in [0.3, 0.4) is 0 Å². The van der Waals surface area contributed by atoms with Crippen LogP contribution in [0.2, 0.25) is 0 Å². The second-order valence-electron chi connectivity index (χ2n) is 5.20. The molecule has 3 rings (SSSR count). The predicted molar refractivity (Wildman–Crippen MR) is 71.0 cm³/mol. The van der Waals surface area contributed by atoms with Gasteiger partial charge in [-0.3, -0.25) is 0 Å². The van der Waals surface area contributed by atoms with Crippen molar-refractivity contribution in [3.05, 3.63) is 59.2 Å². The van der Waals surface area contributed by atoms with Crippen molar-refractivity contribution < 1.29 is 9.90 Å². The number of aromatic carboxylic acids is 1. The van der Waals surface area contributed by atoms with Crippen LogP contribution in [0.4, 0.5) is 0 Å². The molecule has 0 saturated carbocycles. The molecule has 0 atom stereocenters. The zero-order valence-electron chi connectivity index (χ0n) is 10.4. The summed E-state index contributed by atoms with van der Waals surface area (Å²) in [6, 6.07) is 13.6. The molecule has 0 radical (unpaired) electrons. The minimum Gasteiger partial charge on any atom is -0.478 e. The van der Waals surface area contributed by atoms with Gasteiger partial charge in [0.1, 0.15) is 0 Å². The maximum absolute atomic E-state index is 11.4. The number of fused-ring (bicyclic) bond motifs is 3. The Bertz CT molecular complexity index is 654. The molecule has 2 aromatic carbocycles. The van der Waals surface area contributed by atoms with Crippen LogP contribution in [0.25, 0.3) is 11.1 Å². The summed E-state index contributed by atoms with van der Waals surface area (Å²) in [7, 11) is 0. The first-order valence-corrected chi connectivity index (χ1v) is 6.00. The van der Waals surface area contributed by atoms with E-state index in [4.69, 9.17) is 0 Å². The van der Waals surface area contributed by atoms with Gasteiger partial charge in [-0.05, 0) is 22.8 Å². The molecule has 2 heteroatoms. The molecule has 2 nitrogen and oxygen atoms in total. The van der Waals surface area contributed by atoms with E-state index in [1.165, 1.54) is 5.56 Å². The van der Waals surface area contributed by atoms with Gasteiger partial charge >= 0.3 is 5.97 Å². The molecule has 2 aromatic rings. The highest BCUT2D eigenvalue weighted by molar-refractivity contribution is 6.00. The number of hydrogen-bond donors (Lipinski definition) is 1. The second kappa shape index (κ2) is 3.45. The second-order valence-corrected chi connectivity index (χ2v) is 5.20. The van der Waals surface area contributed by atoms with Gasteiger partial charge in [0.05, 0.1) is 5.56 Å². The molecule has 1 N–H and O–H groups in total. The van der Waals surface area contributed by atoms with Crippen molar-refractivity contribution >= 4 is 5.97 Å². The molecule has 90 valence electrons. The fraction of sp³-hybridized carbons (Fsp3) is 0.188. The van der Waals surface area contributed by atoms with Crippen LogP contribution in [0, 0.1) is 0 Å². The molecule has 1 aliphatic rings. The van der Waals surface area contributed by atoms with Crippen LogP contribution in [-0.4, -0.2) is 11.1 Å². The summed E-state index contributed by atoms with van der Waals surface area (Å²) in [5.41, 5.74) is 4.50. The van der Waals surface area contributed by atoms with Gasteiger partial charge < -0.3 is 5.11 Å². The Morgan fingerprint density at radius 2 is 1.67 bits per heavy atom.